The Hall–Kier alpha value is -3.75. The highest BCUT2D eigenvalue weighted by molar-refractivity contribution is 8.24. The minimum Gasteiger partial charge on any atom is -0.507 e. The molecule has 1 aliphatic heterocycles. The monoisotopic (exact) mass is 602 g/mol. The van der Waals surface area contributed by atoms with Gasteiger partial charge in [0, 0.05) is 35.1 Å². The molecule has 2 aliphatic carbocycles. The predicted molar refractivity (Wildman–Crippen MR) is 154 cm³/mol. The maximum Gasteiger partial charge on any atom is 0.202 e. The van der Waals surface area contributed by atoms with Gasteiger partial charge in [0.25, 0.3) is 0 Å². The van der Waals surface area contributed by atoms with Gasteiger partial charge in [-0.2, -0.15) is 0 Å². The molecule has 8 N–H and O–H groups in total. The van der Waals surface area contributed by atoms with E-state index in [0.717, 1.165) is 0 Å². The summed E-state index contributed by atoms with van der Waals surface area (Å²) in [7, 11) is 1.38. The maximum absolute atomic E-state index is 13.2. The molecule has 1 heterocycles. The van der Waals surface area contributed by atoms with Crippen molar-refractivity contribution in [3.8, 4) is 17.2 Å². The van der Waals surface area contributed by atoms with Crippen LogP contribution in [0.2, 0.25) is 0 Å². The smallest absolute Gasteiger partial charge is 0.202 e. The topological polar surface area (TPSA) is 220 Å². The summed E-state index contributed by atoms with van der Waals surface area (Å²) >= 11 is 0.548. The quantitative estimate of drug-likeness (QED) is 0.184. The molecular weight excluding hydrogens is 568 g/mol. The minimum atomic E-state index is -0.812. The summed E-state index contributed by atoms with van der Waals surface area (Å²) in [6.07, 6.45) is 0.411. The number of hydrogen-bond donors (Lipinski definition) is 6. The van der Waals surface area contributed by atoms with Crippen LogP contribution in [-0.2, 0) is 27.2 Å². The number of benzene rings is 2. The molecule has 0 amide bonds. The summed E-state index contributed by atoms with van der Waals surface area (Å²) < 4.78 is 10.1. The van der Waals surface area contributed by atoms with Crippen molar-refractivity contribution in [2.45, 2.75) is 57.1 Å². The number of aliphatic hydroxyl groups is 2. The van der Waals surface area contributed by atoms with Crippen LogP contribution in [0.15, 0.2) is 31.0 Å². The highest BCUT2D eigenvalue weighted by atomic mass is 32.2. The molecule has 0 saturated carbocycles. The van der Waals surface area contributed by atoms with Gasteiger partial charge in [-0.05, 0) is 50.2 Å². The molecule has 5 rings (SSSR count). The number of nitrogens with two attached hydrogens (primary N) is 2. The van der Waals surface area contributed by atoms with Crippen LogP contribution in [0.25, 0.3) is 0 Å². The Morgan fingerprint density at radius 1 is 1.12 bits per heavy atom. The van der Waals surface area contributed by atoms with Crippen molar-refractivity contribution in [3.63, 3.8) is 0 Å². The summed E-state index contributed by atoms with van der Waals surface area (Å²) in [5.74, 6) is -2.26. The summed E-state index contributed by atoms with van der Waals surface area (Å²) in [6, 6.07) is 4.21. The van der Waals surface area contributed by atoms with Crippen molar-refractivity contribution < 1.29 is 49.1 Å². The van der Waals surface area contributed by atoms with Crippen molar-refractivity contribution in [1.29, 1.82) is 0 Å². The molecular formula is C29H34N2O10S. The fraction of sp³-hybridized carbons (Fsp3) is 0.379. The van der Waals surface area contributed by atoms with Crippen LogP contribution in [-0.4, -0.2) is 74.4 Å². The summed E-state index contributed by atoms with van der Waals surface area (Å²) in [5.41, 5.74) is 10.8. The number of aliphatic hydroxyl groups excluding tert-OH is 2. The zero-order chi connectivity index (χ0) is 31.3. The normalized spacial score (nSPS) is 23.9. The van der Waals surface area contributed by atoms with Crippen LogP contribution in [0.4, 0.5) is 0 Å². The lowest BCUT2D eigenvalue weighted by molar-refractivity contribution is -0.198. The highest BCUT2D eigenvalue weighted by Crippen LogP contribution is 2.47. The van der Waals surface area contributed by atoms with E-state index in [0.29, 0.717) is 35.8 Å². The summed E-state index contributed by atoms with van der Waals surface area (Å²) in [5, 5.41) is 39.5. The molecule has 0 radical (unpaired) electrons. The third-order valence-electron chi connectivity index (χ3n) is 7.29. The zero-order valence-electron chi connectivity index (χ0n) is 23.1. The minimum absolute atomic E-state index is 0.0494. The van der Waals surface area contributed by atoms with E-state index >= 15 is 0 Å². The number of fused-ring (bicyclic) bond motifs is 3. The number of carbonyl (C=O) groups excluding carboxylic acids is 4. The van der Waals surface area contributed by atoms with Gasteiger partial charge < -0.3 is 41.4 Å². The standard InChI is InChI=1S/C21H16O7S.C6H13NO3.C2H5N/c1-28-13-4-2-3-11-14(13)20(26)16-15(18(11)24)19(25)12-7-9(21(27)29-8-22)5-6-10(12)17(16)23;1-3-6(9)4(7)2-5(8)10-3;1-2-3/h2-4,8-9,23,25H,5-7H2,1H3;3-6,8-9H,2,7H2,1H3;2H,1,3H2/t9-;;/m0../s1. The molecule has 13 heteroatoms. The number of methoxy groups -OCH3 is 1. The molecule has 1 fully saturated rings. The second-order valence-corrected chi connectivity index (χ2v) is 10.7. The number of carbonyl (C=O) groups is 4. The fourth-order valence-corrected chi connectivity index (χ4v) is 5.74. The van der Waals surface area contributed by atoms with E-state index in [-0.39, 0.29) is 69.4 Å². The SMILES string of the molecule is C=CN.CC1OC(O)CC(N)C1O.COc1cccc2c1C(=O)c1c(O)c3c(c(O)c1C2=O)C[C@@H](C(=O)SC=O)CC3. The predicted octanol–water partition coefficient (Wildman–Crippen LogP) is 1.33. The van der Waals surface area contributed by atoms with E-state index in [1.54, 1.807) is 19.1 Å². The summed E-state index contributed by atoms with van der Waals surface area (Å²) in [6.45, 7) is 4.83. The molecule has 4 unspecified atom stereocenters. The van der Waals surface area contributed by atoms with Crippen LogP contribution < -0.4 is 16.2 Å². The number of ether oxygens (including phenoxy) is 2. The Bertz CT molecular complexity index is 1380. The van der Waals surface area contributed by atoms with Crippen molar-refractivity contribution in [2.24, 2.45) is 17.4 Å². The molecule has 226 valence electrons. The van der Waals surface area contributed by atoms with Gasteiger partial charge >= 0.3 is 0 Å². The van der Waals surface area contributed by atoms with E-state index in [9.17, 15) is 34.5 Å². The van der Waals surface area contributed by atoms with Crippen LogP contribution in [0, 0.1) is 5.92 Å². The largest absolute Gasteiger partial charge is 0.507 e. The highest BCUT2D eigenvalue weighted by Gasteiger charge is 2.41. The zero-order valence-corrected chi connectivity index (χ0v) is 23.9. The Balaban J connectivity index is 0.000000311. The Kier molecular flexibility index (Phi) is 10.9. The third-order valence-corrected chi connectivity index (χ3v) is 7.95. The molecule has 3 aliphatic rings. The molecule has 0 bridgehead atoms. The second kappa shape index (κ2) is 13.9. The first-order valence-corrected chi connectivity index (χ1v) is 13.9. The van der Waals surface area contributed by atoms with E-state index in [1.807, 2.05) is 0 Å². The van der Waals surface area contributed by atoms with Gasteiger partial charge in [0.15, 0.2) is 22.8 Å². The van der Waals surface area contributed by atoms with Crippen LogP contribution in [0.3, 0.4) is 0 Å². The van der Waals surface area contributed by atoms with Gasteiger partial charge in [0.2, 0.25) is 5.78 Å². The Morgan fingerprint density at radius 3 is 2.33 bits per heavy atom. The molecule has 5 atom stereocenters. The lowest BCUT2D eigenvalue weighted by Crippen LogP contribution is -2.51. The third kappa shape index (κ3) is 6.35. The molecule has 2 aromatic rings. The van der Waals surface area contributed by atoms with E-state index in [1.165, 1.54) is 19.4 Å². The van der Waals surface area contributed by atoms with Gasteiger partial charge in [-0.1, -0.05) is 18.7 Å². The maximum atomic E-state index is 13.2. The van der Waals surface area contributed by atoms with Crippen molar-refractivity contribution in [2.75, 3.05) is 7.11 Å². The molecule has 12 nitrogen and oxygen atoms in total. The first-order valence-electron chi connectivity index (χ1n) is 13.0. The van der Waals surface area contributed by atoms with Gasteiger partial charge in [0.05, 0.1) is 36.0 Å². The molecule has 0 spiro atoms. The van der Waals surface area contributed by atoms with Crippen LogP contribution >= 0.6 is 11.8 Å². The average molecular weight is 603 g/mol. The molecule has 1 saturated heterocycles. The number of thioether (sulfide) groups is 1. The van der Waals surface area contributed by atoms with Crippen LogP contribution in [0.1, 0.15) is 62.7 Å². The van der Waals surface area contributed by atoms with E-state index < -0.39 is 35.6 Å². The van der Waals surface area contributed by atoms with Gasteiger partial charge in [-0.25, -0.2) is 0 Å². The fourth-order valence-electron chi connectivity index (χ4n) is 5.26. The lowest BCUT2D eigenvalue weighted by atomic mass is 9.75. The number of ketones is 2. The van der Waals surface area contributed by atoms with Gasteiger partial charge in [0.1, 0.15) is 17.2 Å². The van der Waals surface area contributed by atoms with Gasteiger partial charge in [-0.15, -0.1) is 0 Å². The molecule has 42 heavy (non-hydrogen) atoms. The van der Waals surface area contributed by atoms with Crippen molar-refractivity contribution in [1.82, 2.24) is 0 Å². The van der Waals surface area contributed by atoms with Crippen molar-refractivity contribution in [3.05, 3.63) is 64.4 Å². The molecule has 2 aromatic carbocycles. The number of rotatable bonds is 3. The van der Waals surface area contributed by atoms with Crippen molar-refractivity contribution >= 4 is 34.1 Å². The molecule has 0 aromatic heterocycles. The Labute approximate surface area is 246 Å². The number of aromatic hydroxyl groups is 2. The average Bonchev–Trinajstić information content (AvgIpc) is 2.96. The number of hydrogen-bond acceptors (Lipinski definition) is 13. The van der Waals surface area contributed by atoms with Crippen LogP contribution in [0.5, 0.6) is 17.2 Å². The first-order chi connectivity index (χ1) is 19.9. The van der Waals surface area contributed by atoms with Gasteiger partial charge in [-0.3, -0.25) is 19.2 Å². The second-order valence-electron chi connectivity index (χ2n) is 9.84. The lowest BCUT2D eigenvalue weighted by Gasteiger charge is -2.33. The summed E-state index contributed by atoms with van der Waals surface area (Å²) in [4.78, 5) is 49.0. The first kappa shape index (κ1) is 32.8. The van der Waals surface area contributed by atoms with E-state index in [4.69, 9.17) is 20.3 Å². The number of phenols is 2. The van der Waals surface area contributed by atoms with E-state index in [2.05, 4.69) is 12.3 Å². The Morgan fingerprint density at radius 2 is 1.74 bits per heavy atom. The number of phenolic OH excluding ortho intramolecular Hbond substituents is 2.